The lowest BCUT2D eigenvalue weighted by Gasteiger charge is -2.20. The van der Waals surface area contributed by atoms with E-state index in [1.807, 2.05) is 31.2 Å². The molecule has 0 radical (unpaired) electrons. The van der Waals surface area contributed by atoms with Crippen LogP contribution in [0.25, 0.3) is 0 Å². The number of pyridine rings is 1. The number of hydrogen-bond donors (Lipinski definition) is 2. The predicted molar refractivity (Wildman–Crippen MR) is 94.7 cm³/mol. The zero-order valence-corrected chi connectivity index (χ0v) is 13.9. The van der Waals surface area contributed by atoms with Gasteiger partial charge in [-0.05, 0) is 49.6 Å². The first-order valence-electron chi connectivity index (χ1n) is 6.84. The van der Waals surface area contributed by atoms with Crippen molar-refractivity contribution in [1.82, 2.24) is 4.98 Å². The number of nitrogens with zero attached hydrogens (tertiary/aromatic N) is 1. The van der Waals surface area contributed by atoms with Gasteiger partial charge in [-0.1, -0.05) is 6.07 Å². The third kappa shape index (κ3) is 3.90. The summed E-state index contributed by atoms with van der Waals surface area (Å²) in [4.78, 5) is 16.6. The molecule has 0 spiro atoms. The highest BCUT2D eigenvalue weighted by Crippen LogP contribution is 2.26. The molecule has 22 heavy (non-hydrogen) atoms. The molecule has 4 nitrogen and oxygen atoms in total. The molecule has 2 heterocycles. The Hall–Kier alpha value is -1.78. The van der Waals surface area contributed by atoms with E-state index < -0.39 is 0 Å². The Balaban J connectivity index is 0.00000121. The molecule has 0 fully saturated rings. The van der Waals surface area contributed by atoms with Crippen molar-refractivity contribution in [2.24, 2.45) is 0 Å². The third-order valence-corrected chi connectivity index (χ3v) is 3.49. The average Bonchev–Trinajstić information content (AvgIpc) is 2.46. The highest BCUT2D eigenvalue weighted by atomic mass is 35.5. The lowest BCUT2D eigenvalue weighted by atomic mass is 9.97. The van der Waals surface area contributed by atoms with Gasteiger partial charge >= 0.3 is 0 Å². The second-order valence-corrected chi connectivity index (χ2v) is 5.00. The maximum Gasteiger partial charge on any atom is 0.256 e. The van der Waals surface area contributed by atoms with E-state index in [0.29, 0.717) is 0 Å². The Kier molecular flexibility index (Phi) is 6.65. The number of aromatic nitrogens is 1. The van der Waals surface area contributed by atoms with Gasteiger partial charge in [0.25, 0.3) is 5.91 Å². The molecule has 1 aliphatic heterocycles. The number of nitrogens with one attached hydrogen (secondary N) is 2. The zero-order chi connectivity index (χ0) is 13.9. The molecule has 6 heteroatoms. The molecule has 0 bridgehead atoms. The minimum absolute atomic E-state index is 0. The number of fused-ring (bicyclic) bond motifs is 1. The molecular weight excluding hydrogens is 321 g/mol. The topological polar surface area (TPSA) is 54.0 Å². The van der Waals surface area contributed by atoms with Gasteiger partial charge in [0.1, 0.15) is 0 Å². The molecule has 0 aliphatic carbocycles. The van der Waals surface area contributed by atoms with Crippen LogP contribution in [-0.2, 0) is 6.42 Å². The van der Waals surface area contributed by atoms with Crippen molar-refractivity contribution in [3.05, 3.63) is 53.3 Å². The highest BCUT2D eigenvalue weighted by Gasteiger charge is 2.17. The summed E-state index contributed by atoms with van der Waals surface area (Å²) in [5, 5.41) is 6.28. The van der Waals surface area contributed by atoms with Crippen LogP contribution < -0.4 is 10.6 Å². The largest absolute Gasteiger partial charge is 0.385 e. The van der Waals surface area contributed by atoms with Crippen LogP contribution in [0.5, 0.6) is 0 Å². The number of aryl methyl sites for hydroxylation is 1. The third-order valence-electron chi connectivity index (χ3n) is 3.49. The van der Waals surface area contributed by atoms with Crippen LogP contribution in [0.3, 0.4) is 0 Å². The number of anilines is 2. The molecule has 1 amide bonds. The van der Waals surface area contributed by atoms with E-state index in [1.165, 1.54) is 0 Å². The number of halogens is 2. The first kappa shape index (κ1) is 18.3. The van der Waals surface area contributed by atoms with Gasteiger partial charge in [0, 0.05) is 35.4 Å². The van der Waals surface area contributed by atoms with Crippen molar-refractivity contribution in [2.45, 2.75) is 19.8 Å². The molecule has 1 aromatic heterocycles. The second kappa shape index (κ2) is 8.01. The van der Waals surface area contributed by atoms with Crippen LogP contribution in [0.1, 0.15) is 28.0 Å². The second-order valence-electron chi connectivity index (χ2n) is 5.00. The zero-order valence-electron chi connectivity index (χ0n) is 12.3. The first-order valence-corrected chi connectivity index (χ1v) is 6.84. The minimum atomic E-state index is -0.0591. The van der Waals surface area contributed by atoms with E-state index in [9.17, 15) is 4.79 Å². The molecule has 1 aromatic carbocycles. The van der Waals surface area contributed by atoms with Gasteiger partial charge in [-0.2, -0.15) is 0 Å². The Morgan fingerprint density at radius 2 is 2.09 bits per heavy atom. The lowest BCUT2D eigenvalue weighted by molar-refractivity contribution is 0.102. The average molecular weight is 340 g/mol. The SMILES string of the molecule is Cc1cc(NC(=O)c2cccc3c2CCCN3)ccn1.Cl.Cl. The van der Waals surface area contributed by atoms with Gasteiger partial charge in [-0.15, -0.1) is 24.8 Å². The molecule has 0 saturated heterocycles. The predicted octanol–water partition coefficient (Wildman–Crippen LogP) is 3.84. The van der Waals surface area contributed by atoms with E-state index in [2.05, 4.69) is 15.6 Å². The smallest absolute Gasteiger partial charge is 0.256 e. The van der Waals surface area contributed by atoms with Gasteiger partial charge in [0.05, 0.1) is 0 Å². The van der Waals surface area contributed by atoms with Gasteiger partial charge in [0.2, 0.25) is 0 Å². The molecule has 118 valence electrons. The van der Waals surface area contributed by atoms with E-state index >= 15 is 0 Å². The van der Waals surface area contributed by atoms with E-state index in [1.54, 1.807) is 12.3 Å². The van der Waals surface area contributed by atoms with Crippen LogP contribution in [0.4, 0.5) is 11.4 Å². The van der Waals surface area contributed by atoms with Gasteiger partial charge in [-0.25, -0.2) is 0 Å². The highest BCUT2D eigenvalue weighted by molar-refractivity contribution is 6.06. The van der Waals surface area contributed by atoms with Gasteiger partial charge in [0.15, 0.2) is 0 Å². The summed E-state index contributed by atoms with van der Waals surface area (Å²) in [5.74, 6) is -0.0591. The quantitative estimate of drug-likeness (QED) is 0.873. The van der Waals surface area contributed by atoms with Crippen LogP contribution in [0, 0.1) is 6.92 Å². The van der Waals surface area contributed by atoms with Crippen molar-refractivity contribution in [1.29, 1.82) is 0 Å². The summed E-state index contributed by atoms with van der Waals surface area (Å²) in [5.41, 5.74) is 4.62. The summed E-state index contributed by atoms with van der Waals surface area (Å²) in [6.07, 6.45) is 3.71. The summed E-state index contributed by atoms with van der Waals surface area (Å²) >= 11 is 0. The first-order chi connectivity index (χ1) is 9.74. The van der Waals surface area contributed by atoms with Crippen LogP contribution in [0.2, 0.25) is 0 Å². The Bertz CT molecular complexity index is 662. The maximum atomic E-state index is 12.4. The molecule has 0 atom stereocenters. The maximum absolute atomic E-state index is 12.4. The molecule has 1 aliphatic rings. The molecule has 0 saturated carbocycles. The fraction of sp³-hybridized carbons (Fsp3) is 0.250. The molecule has 3 rings (SSSR count). The van der Waals surface area contributed by atoms with E-state index in [0.717, 1.165) is 47.6 Å². The lowest BCUT2D eigenvalue weighted by Crippen LogP contribution is -2.19. The van der Waals surface area contributed by atoms with Crippen molar-refractivity contribution in [2.75, 3.05) is 17.2 Å². The molecule has 2 aromatic rings. The molecular formula is C16H19Cl2N3O. The number of hydrogen-bond acceptors (Lipinski definition) is 3. The number of carbonyl (C=O) groups excluding carboxylic acids is 1. The van der Waals surface area contributed by atoms with Crippen molar-refractivity contribution >= 4 is 42.1 Å². The van der Waals surface area contributed by atoms with Gasteiger partial charge < -0.3 is 10.6 Å². The van der Waals surface area contributed by atoms with E-state index in [4.69, 9.17) is 0 Å². The fourth-order valence-electron chi connectivity index (χ4n) is 2.54. The van der Waals surface area contributed by atoms with Crippen molar-refractivity contribution in [3.8, 4) is 0 Å². The number of benzene rings is 1. The van der Waals surface area contributed by atoms with Crippen molar-refractivity contribution in [3.63, 3.8) is 0 Å². The minimum Gasteiger partial charge on any atom is -0.385 e. The number of carbonyl (C=O) groups is 1. The summed E-state index contributed by atoms with van der Waals surface area (Å²) in [7, 11) is 0. The van der Waals surface area contributed by atoms with E-state index in [-0.39, 0.29) is 30.7 Å². The molecule has 0 unspecified atom stereocenters. The normalized spacial score (nSPS) is 12.0. The monoisotopic (exact) mass is 339 g/mol. The number of amides is 1. The Morgan fingerprint density at radius 1 is 1.27 bits per heavy atom. The van der Waals surface area contributed by atoms with Gasteiger partial charge in [-0.3, -0.25) is 9.78 Å². The summed E-state index contributed by atoms with van der Waals surface area (Å²) in [6.45, 7) is 2.88. The Morgan fingerprint density at radius 3 is 2.86 bits per heavy atom. The van der Waals surface area contributed by atoms with Crippen molar-refractivity contribution < 1.29 is 4.79 Å². The summed E-state index contributed by atoms with van der Waals surface area (Å²) < 4.78 is 0. The molecule has 2 N–H and O–H groups in total. The number of rotatable bonds is 2. The van der Waals surface area contributed by atoms with Crippen LogP contribution >= 0.6 is 24.8 Å². The standard InChI is InChI=1S/C16H17N3O.2ClH/c1-11-10-12(7-9-17-11)19-16(20)14-4-2-6-15-13(14)5-3-8-18-15;;/h2,4,6-7,9-10,18H,3,5,8H2,1H3,(H,17,19,20);2*1H. The van der Waals surface area contributed by atoms with Crippen LogP contribution in [0.15, 0.2) is 36.5 Å². The fourth-order valence-corrected chi connectivity index (χ4v) is 2.54. The summed E-state index contributed by atoms with van der Waals surface area (Å²) in [6, 6.07) is 9.50. The van der Waals surface area contributed by atoms with Crippen LogP contribution in [-0.4, -0.2) is 17.4 Å². The Labute approximate surface area is 142 Å².